The number of nitrogen functional groups attached to an aromatic ring is 1. The van der Waals surface area contributed by atoms with Gasteiger partial charge in [0.1, 0.15) is 0 Å². The molecule has 2 aliphatic carbocycles. The summed E-state index contributed by atoms with van der Waals surface area (Å²) >= 11 is 1.80. The van der Waals surface area contributed by atoms with Gasteiger partial charge in [0.25, 0.3) is 0 Å². The molecule has 6 N–H and O–H groups in total. The highest BCUT2D eigenvalue weighted by molar-refractivity contribution is 7.25. The van der Waals surface area contributed by atoms with Gasteiger partial charge in [-0.25, -0.2) is 0 Å². The number of fused-ring (bicyclic) bond motifs is 9. The minimum atomic E-state index is 0.0132. The molecule has 0 spiro atoms. The van der Waals surface area contributed by atoms with Crippen LogP contribution in [-0.4, -0.2) is 0 Å². The molecule has 4 heteroatoms. The van der Waals surface area contributed by atoms with E-state index in [9.17, 15) is 0 Å². The number of hydrazine groups is 1. The van der Waals surface area contributed by atoms with Crippen molar-refractivity contribution in [1.82, 2.24) is 0 Å². The van der Waals surface area contributed by atoms with Crippen molar-refractivity contribution in [2.24, 2.45) is 11.7 Å². The zero-order chi connectivity index (χ0) is 42.9. The van der Waals surface area contributed by atoms with Gasteiger partial charge in [-0.05, 0) is 121 Å². The quantitative estimate of drug-likeness (QED) is 0.0941. The number of nitrogens with two attached hydrogens (primary N) is 3. The highest BCUT2D eigenvalue weighted by Crippen LogP contribution is 2.51. The third-order valence-corrected chi connectivity index (χ3v) is 13.6. The Morgan fingerprint density at radius 1 is 0.393 bits per heavy atom. The lowest BCUT2D eigenvalue weighted by molar-refractivity contribution is 0.660. The second-order valence-electron chi connectivity index (χ2n) is 16.8. The van der Waals surface area contributed by atoms with Crippen LogP contribution in [0.25, 0.3) is 64.7 Å². The Morgan fingerprint density at radius 2 is 0.869 bits per heavy atom. The predicted molar refractivity (Wildman–Crippen MR) is 265 cm³/mol. The van der Waals surface area contributed by atoms with E-state index in [0.29, 0.717) is 0 Å². The summed E-state index contributed by atoms with van der Waals surface area (Å²) in [5, 5.41) is 2.63. The van der Waals surface area contributed by atoms with Gasteiger partial charge in [0.15, 0.2) is 0 Å². The monoisotopic (exact) mass is 813 g/mol. The molecular weight excluding hydrogens is 759 g/mol. The van der Waals surface area contributed by atoms with Crippen molar-refractivity contribution < 1.29 is 0 Å². The van der Waals surface area contributed by atoms with Crippen LogP contribution in [0.1, 0.15) is 74.9 Å². The van der Waals surface area contributed by atoms with Crippen LogP contribution >= 0.6 is 11.3 Å². The van der Waals surface area contributed by atoms with Gasteiger partial charge < -0.3 is 5.73 Å². The maximum atomic E-state index is 5.75. The van der Waals surface area contributed by atoms with E-state index in [2.05, 4.69) is 203 Å². The SMILES string of the molecule is CC.CC1(C)c2ccccc2-c2cc(-c3cc(Cc4ccccc4)cc(-c4ccc5c(c4)-c4ccccc4C5(C)C)c3)ccc21.NN.Nc1ccc2c(c1)sc1ccccc12. The minimum absolute atomic E-state index is 0.0132. The van der Waals surface area contributed by atoms with E-state index in [0.717, 1.165) is 12.1 Å². The summed E-state index contributed by atoms with van der Waals surface area (Å²) in [5.74, 6) is 8.00. The number of hydrogen-bond donors (Lipinski definition) is 3. The molecule has 304 valence electrons. The average Bonchev–Trinajstić information content (AvgIpc) is 3.87. The molecule has 0 saturated carbocycles. The van der Waals surface area contributed by atoms with Crippen molar-refractivity contribution in [2.75, 3.05) is 5.73 Å². The van der Waals surface area contributed by atoms with Crippen LogP contribution in [0, 0.1) is 0 Å². The second kappa shape index (κ2) is 17.0. The van der Waals surface area contributed by atoms with Crippen molar-refractivity contribution in [1.29, 1.82) is 0 Å². The zero-order valence-electron chi connectivity index (χ0n) is 36.1. The number of thiophene rings is 1. The third-order valence-electron chi connectivity index (χ3n) is 12.5. The van der Waals surface area contributed by atoms with Crippen molar-refractivity contribution >= 4 is 37.2 Å². The molecule has 1 heterocycles. The first kappa shape index (κ1) is 41.4. The van der Waals surface area contributed by atoms with Gasteiger partial charge in [-0.15, -0.1) is 11.3 Å². The van der Waals surface area contributed by atoms with Crippen LogP contribution in [0.3, 0.4) is 0 Å². The lowest BCUT2D eigenvalue weighted by Gasteiger charge is -2.21. The molecule has 0 saturated heterocycles. The van der Waals surface area contributed by atoms with Gasteiger partial charge in [0.05, 0.1) is 0 Å². The summed E-state index contributed by atoms with van der Waals surface area (Å²) < 4.78 is 2.60. The normalized spacial score (nSPS) is 13.3. The molecule has 11 rings (SSSR count). The predicted octanol–water partition coefficient (Wildman–Crippen LogP) is 14.7. The first-order valence-corrected chi connectivity index (χ1v) is 22.1. The Kier molecular flexibility index (Phi) is 11.5. The summed E-state index contributed by atoms with van der Waals surface area (Å²) in [6.45, 7) is 13.4. The molecule has 61 heavy (non-hydrogen) atoms. The molecule has 0 atom stereocenters. The van der Waals surface area contributed by atoms with E-state index in [1.54, 1.807) is 11.3 Å². The molecule has 0 fully saturated rings. The first-order chi connectivity index (χ1) is 29.6. The van der Waals surface area contributed by atoms with Crippen LogP contribution in [-0.2, 0) is 17.3 Å². The molecule has 8 aromatic carbocycles. The molecule has 2 aliphatic rings. The van der Waals surface area contributed by atoms with Gasteiger partial charge in [-0.2, -0.15) is 0 Å². The third kappa shape index (κ3) is 7.57. The maximum Gasteiger partial charge on any atom is 0.0375 e. The van der Waals surface area contributed by atoms with E-state index < -0.39 is 0 Å². The fraction of sp³-hybridized carbons (Fsp3) is 0.158. The van der Waals surface area contributed by atoms with E-state index >= 15 is 0 Å². The van der Waals surface area contributed by atoms with Crippen LogP contribution in [0.5, 0.6) is 0 Å². The molecule has 0 bridgehead atoms. The van der Waals surface area contributed by atoms with Gasteiger partial charge in [-0.1, -0.05) is 181 Å². The largest absolute Gasteiger partial charge is 0.399 e. The van der Waals surface area contributed by atoms with Gasteiger partial charge in [0.2, 0.25) is 0 Å². The molecule has 9 aromatic rings. The lowest BCUT2D eigenvalue weighted by atomic mass is 9.82. The van der Waals surface area contributed by atoms with Crippen LogP contribution in [0.15, 0.2) is 176 Å². The Hall–Kier alpha value is -6.30. The maximum absolute atomic E-state index is 5.75. The fourth-order valence-corrected chi connectivity index (χ4v) is 10.7. The van der Waals surface area contributed by atoms with Crippen molar-refractivity contribution in [3.63, 3.8) is 0 Å². The smallest absolute Gasteiger partial charge is 0.0375 e. The van der Waals surface area contributed by atoms with Crippen LogP contribution in [0.2, 0.25) is 0 Å². The van der Waals surface area contributed by atoms with Crippen LogP contribution < -0.4 is 17.4 Å². The van der Waals surface area contributed by atoms with E-state index in [1.165, 1.54) is 98.1 Å². The number of benzene rings is 8. The Balaban J connectivity index is 0.000000238. The summed E-state index contributed by atoms with van der Waals surface area (Å²) in [6, 6.07) is 64.7. The topological polar surface area (TPSA) is 78.1 Å². The Morgan fingerprint density at radius 3 is 1.44 bits per heavy atom. The molecule has 1 aromatic heterocycles. The lowest BCUT2D eigenvalue weighted by Crippen LogP contribution is -2.14. The van der Waals surface area contributed by atoms with Crippen LogP contribution in [0.4, 0.5) is 5.69 Å². The minimum Gasteiger partial charge on any atom is -0.399 e. The average molecular weight is 814 g/mol. The van der Waals surface area contributed by atoms with Gasteiger partial charge >= 0.3 is 0 Å². The van der Waals surface area contributed by atoms with Gasteiger partial charge in [0, 0.05) is 36.7 Å². The van der Waals surface area contributed by atoms with E-state index in [4.69, 9.17) is 5.73 Å². The summed E-state index contributed by atoms with van der Waals surface area (Å²) in [6.07, 6.45) is 0.906. The number of hydrogen-bond acceptors (Lipinski definition) is 4. The molecule has 3 nitrogen and oxygen atoms in total. The first-order valence-electron chi connectivity index (χ1n) is 21.3. The number of anilines is 1. The molecule has 0 amide bonds. The van der Waals surface area contributed by atoms with Crippen molar-refractivity contribution in [2.45, 2.75) is 58.8 Å². The highest BCUT2D eigenvalue weighted by Gasteiger charge is 2.36. The summed E-state index contributed by atoms with van der Waals surface area (Å²) in [4.78, 5) is 0. The van der Waals surface area contributed by atoms with Gasteiger partial charge in [-0.3, -0.25) is 11.7 Å². The van der Waals surface area contributed by atoms with Crippen molar-refractivity contribution in [3.8, 4) is 44.5 Å². The molecule has 0 unspecified atom stereocenters. The number of rotatable bonds is 4. The summed E-state index contributed by atoms with van der Waals surface area (Å²) in [7, 11) is 0. The summed E-state index contributed by atoms with van der Waals surface area (Å²) in [5.41, 5.74) is 25.5. The Labute approximate surface area is 365 Å². The molecule has 0 aliphatic heterocycles. The second-order valence-corrected chi connectivity index (χ2v) is 17.9. The van der Waals surface area contributed by atoms with Crippen molar-refractivity contribution in [3.05, 3.63) is 209 Å². The van der Waals surface area contributed by atoms with E-state index in [1.807, 2.05) is 26.0 Å². The van der Waals surface area contributed by atoms with E-state index in [-0.39, 0.29) is 10.8 Å². The Bertz CT molecular complexity index is 2880. The molecule has 0 radical (unpaired) electrons. The zero-order valence-corrected chi connectivity index (χ0v) is 36.9. The highest BCUT2D eigenvalue weighted by atomic mass is 32.1. The molecular formula is C57H55N3S. The standard InChI is InChI=1S/C43H36.C12H9NS.C2H6.H4N2/c1-42(2)38-16-10-8-14-34(38)36-26-30(18-20-40(36)42)32-23-29(22-28-12-6-5-7-13-28)24-33(25-32)31-19-21-41-37(27-31)35-15-9-11-17-39(35)43(41,3)4;13-8-5-6-10-9-3-1-2-4-11(9)14-12(10)7-8;2*1-2/h5-21,23-27H,22H2,1-4H3;1-7H,13H2;1-2H3;1-2H2. The fourth-order valence-electron chi connectivity index (χ4n) is 9.50.